The van der Waals surface area contributed by atoms with Crippen molar-refractivity contribution in [1.29, 1.82) is 0 Å². The van der Waals surface area contributed by atoms with E-state index in [1.54, 1.807) is 0 Å². The van der Waals surface area contributed by atoms with E-state index >= 15 is 0 Å². The average molecular weight is 367 g/mol. The normalized spacial score (nSPS) is 10.6. The van der Waals surface area contributed by atoms with Crippen LogP contribution < -0.4 is 16.6 Å². The molecule has 0 aromatic carbocycles. The molecule has 0 aliphatic carbocycles. The lowest BCUT2D eigenvalue weighted by atomic mass is 10.2. The van der Waals surface area contributed by atoms with Gasteiger partial charge in [-0.15, -0.1) is 0 Å². The quantitative estimate of drug-likeness (QED) is 0.828. The van der Waals surface area contributed by atoms with E-state index in [-0.39, 0.29) is 29.0 Å². The number of rotatable bonds is 5. The zero-order valence-corrected chi connectivity index (χ0v) is 13.6. The Kier molecular flexibility index (Phi) is 4.92. The Balaban J connectivity index is 2.51. The first kappa shape index (κ1) is 16.2. The lowest BCUT2D eigenvalue weighted by Crippen LogP contribution is -2.31. The third-order valence-corrected chi connectivity index (χ3v) is 3.26. The van der Waals surface area contributed by atoms with Gasteiger partial charge in [0, 0.05) is 23.8 Å². The van der Waals surface area contributed by atoms with Gasteiger partial charge in [0.15, 0.2) is 0 Å². The van der Waals surface area contributed by atoms with Crippen molar-refractivity contribution >= 4 is 32.9 Å². The number of nitrogens with one attached hydrogen (secondary N) is 2. The molecule has 0 aliphatic rings. The molecule has 0 unspecified atom stereocenters. The summed E-state index contributed by atoms with van der Waals surface area (Å²) < 4.78 is 2.02. The molecule has 22 heavy (non-hydrogen) atoms. The SMILES string of the molecule is C=C(Br)CNC(=O)c1cnc2c(c1)c(=O)[nH]c(=O)n2CCC. The maximum Gasteiger partial charge on any atom is 0.329 e. The largest absolute Gasteiger partial charge is 0.347 e. The minimum Gasteiger partial charge on any atom is -0.347 e. The number of aromatic nitrogens is 3. The molecule has 0 aliphatic heterocycles. The van der Waals surface area contributed by atoms with Crippen molar-refractivity contribution in [2.75, 3.05) is 6.54 Å². The molecule has 0 saturated carbocycles. The molecule has 2 rings (SSSR count). The van der Waals surface area contributed by atoms with Crippen LogP contribution in [0.15, 0.2) is 32.9 Å². The van der Waals surface area contributed by atoms with Gasteiger partial charge < -0.3 is 5.32 Å². The van der Waals surface area contributed by atoms with Crippen LogP contribution in [0.5, 0.6) is 0 Å². The number of carbonyl (C=O) groups is 1. The van der Waals surface area contributed by atoms with Crippen LogP contribution in [0.3, 0.4) is 0 Å². The van der Waals surface area contributed by atoms with Gasteiger partial charge >= 0.3 is 5.69 Å². The van der Waals surface area contributed by atoms with Crippen LogP contribution in [0.2, 0.25) is 0 Å². The van der Waals surface area contributed by atoms with Crippen molar-refractivity contribution in [1.82, 2.24) is 19.9 Å². The fraction of sp³-hybridized carbons (Fsp3) is 0.286. The summed E-state index contributed by atoms with van der Waals surface area (Å²) in [5, 5.41) is 2.83. The summed E-state index contributed by atoms with van der Waals surface area (Å²) in [7, 11) is 0. The first-order valence-corrected chi connectivity index (χ1v) is 7.47. The van der Waals surface area contributed by atoms with Crippen LogP contribution in [0.4, 0.5) is 0 Å². The maximum atomic E-state index is 12.0. The molecule has 2 aromatic rings. The number of aromatic amines is 1. The summed E-state index contributed by atoms with van der Waals surface area (Å²) in [5.74, 6) is -0.373. The first-order valence-electron chi connectivity index (χ1n) is 6.68. The number of nitrogens with zero attached hydrogens (tertiary/aromatic N) is 2. The molecule has 0 bridgehead atoms. The Labute approximate surface area is 134 Å². The van der Waals surface area contributed by atoms with Crippen molar-refractivity contribution in [2.45, 2.75) is 19.9 Å². The van der Waals surface area contributed by atoms with E-state index in [1.807, 2.05) is 6.92 Å². The molecule has 0 spiro atoms. The number of pyridine rings is 1. The topological polar surface area (TPSA) is 96.8 Å². The molecule has 1 amide bonds. The third-order valence-electron chi connectivity index (χ3n) is 2.98. The van der Waals surface area contributed by atoms with E-state index in [0.717, 1.165) is 6.42 Å². The predicted molar refractivity (Wildman–Crippen MR) is 87.3 cm³/mol. The highest BCUT2D eigenvalue weighted by atomic mass is 79.9. The number of halogens is 1. The Morgan fingerprint density at radius 2 is 2.23 bits per heavy atom. The zero-order chi connectivity index (χ0) is 16.3. The van der Waals surface area contributed by atoms with Gasteiger partial charge in [0.25, 0.3) is 11.5 Å². The van der Waals surface area contributed by atoms with E-state index in [2.05, 4.69) is 37.8 Å². The molecule has 0 atom stereocenters. The predicted octanol–water partition coefficient (Wildman–Crippen LogP) is 1.13. The fourth-order valence-electron chi connectivity index (χ4n) is 2.00. The van der Waals surface area contributed by atoms with Crippen LogP contribution in [-0.2, 0) is 6.54 Å². The van der Waals surface area contributed by atoms with Gasteiger partial charge in [-0.3, -0.25) is 19.1 Å². The number of aryl methyl sites for hydroxylation is 1. The lowest BCUT2D eigenvalue weighted by Gasteiger charge is -2.08. The Morgan fingerprint density at radius 1 is 1.50 bits per heavy atom. The molecule has 116 valence electrons. The first-order chi connectivity index (χ1) is 10.4. The molecule has 0 radical (unpaired) electrons. The minimum atomic E-state index is -0.556. The molecule has 0 fully saturated rings. The van der Waals surface area contributed by atoms with Crippen LogP contribution >= 0.6 is 15.9 Å². The van der Waals surface area contributed by atoms with Gasteiger partial charge in [-0.05, 0) is 12.5 Å². The highest BCUT2D eigenvalue weighted by Gasteiger charge is 2.12. The second-order valence-electron chi connectivity index (χ2n) is 4.71. The van der Waals surface area contributed by atoms with Crippen molar-refractivity contribution in [3.8, 4) is 0 Å². The third kappa shape index (κ3) is 3.33. The highest BCUT2D eigenvalue weighted by molar-refractivity contribution is 9.11. The van der Waals surface area contributed by atoms with Crippen LogP contribution in [0.1, 0.15) is 23.7 Å². The molecular formula is C14H15BrN4O3. The summed E-state index contributed by atoms with van der Waals surface area (Å²) in [6, 6.07) is 1.43. The Morgan fingerprint density at radius 3 is 2.86 bits per heavy atom. The van der Waals surface area contributed by atoms with Crippen molar-refractivity contribution in [2.24, 2.45) is 0 Å². The number of carbonyl (C=O) groups excluding carboxylic acids is 1. The lowest BCUT2D eigenvalue weighted by molar-refractivity contribution is 0.0957. The summed E-state index contributed by atoms with van der Waals surface area (Å²) in [4.78, 5) is 42.1. The maximum absolute atomic E-state index is 12.0. The Bertz CT molecular complexity index is 853. The van der Waals surface area contributed by atoms with Gasteiger partial charge in [-0.1, -0.05) is 29.4 Å². The second-order valence-corrected chi connectivity index (χ2v) is 5.83. The molecule has 2 heterocycles. The number of fused-ring (bicyclic) bond motifs is 1. The Hall–Kier alpha value is -2.22. The van der Waals surface area contributed by atoms with Gasteiger partial charge in [0.05, 0.1) is 10.9 Å². The van der Waals surface area contributed by atoms with Crippen LogP contribution in [0, 0.1) is 0 Å². The van der Waals surface area contributed by atoms with Gasteiger partial charge in [-0.25, -0.2) is 9.78 Å². The van der Waals surface area contributed by atoms with Gasteiger partial charge in [-0.2, -0.15) is 0 Å². The van der Waals surface area contributed by atoms with Crippen molar-refractivity contribution in [3.63, 3.8) is 0 Å². The molecule has 2 aromatic heterocycles. The smallest absolute Gasteiger partial charge is 0.329 e. The summed E-state index contributed by atoms with van der Waals surface area (Å²) in [5.41, 5.74) is -0.537. The standard InChI is InChI=1S/C14H15BrN4O3/c1-3-4-19-11-10(13(21)18-14(19)22)5-9(7-16-11)12(20)17-6-8(2)15/h5,7H,2-4,6H2,1H3,(H,17,20)(H,18,21,22). The molecule has 2 N–H and O–H groups in total. The molecule has 7 nitrogen and oxygen atoms in total. The fourth-order valence-corrected chi connectivity index (χ4v) is 2.14. The van der Waals surface area contributed by atoms with E-state index < -0.39 is 11.2 Å². The monoisotopic (exact) mass is 366 g/mol. The van der Waals surface area contributed by atoms with E-state index in [4.69, 9.17) is 0 Å². The van der Waals surface area contributed by atoms with E-state index in [1.165, 1.54) is 16.8 Å². The number of amides is 1. The number of hydrogen-bond donors (Lipinski definition) is 2. The summed E-state index contributed by atoms with van der Waals surface area (Å²) in [6.45, 7) is 6.24. The summed E-state index contributed by atoms with van der Waals surface area (Å²) >= 11 is 3.14. The average Bonchev–Trinajstić information content (AvgIpc) is 2.48. The summed E-state index contributed by atoms with van der Waals surface area (Å²) in [6.07, 6.45) is 2.07. The van der Waals surface area contributed by atoms with Gasteiger partial charge in [0.2, 0.25) is 0 Å². The van der Waals surface area contributed by atoms with E-state index in [0.29, 0.717) is 11.0 Å². The number of H-pyrrole nitrogens is 1. The minimum absolute atomic E-state index is 0.207. The molecule has 0 saturated heterocycles. The van der Waals surface area contributed by atoms with Crippen LogP contribution in [-0.4, -0.2) is 27.0 Å². The molecular weight excluding hydrogens is 352 g/mol. The van der Waals surface area contributed by atoms with Crippen molar-refractivity contribution < 1.29 is 4.79 Å². The highest BCUT2D eigenvalue weighted by Crippen LogP contribution is 2.08. The van der Waals surface area contributed by atoms with E-state index in [9.17, 15) is 14.4 Å². The molecule has 8 heteroatoms. The number of hydrogen-bond acceptors (Lipinski definition) is 4. The van der Waals surface area contributed by atoms with Crippen LogP contribution in [0.25, 0.3) is 11.0 Å². The zero-order valence-electron chi connectivity index (χ0n) is 12.0. The van der Waals surface area contributed by atoms with Gasteiger partial charge in [0.1, 0.15) is 5.65 Å². The van der Waals surface area contributed by atoms with Crippen molar-refractivity contribution in [3.05, 3.63) is 49.7 Å². The second kappa shape index (κ2) is 6.69.